The topological polar surface area (TPSA) is 3.24 Å². The van der Waals surface area contributed by atoms with Gasteiger partial charge in [-0.05, 0) is 57.6 Å². The number of halogens is 2. The fraction of sp³-hybridized carbons (Fsp3) is 0.333. The molecule has 0 aliphatic carbocycles. The molecule has 0 saturated carbocycles. The van der Waals surface area contributed by atoms with Crippen LogP contribution in [0.3, 0.4) is 0 Å². The average Bonchev–Trinajstić information content (AvgIpc) is 2.66. The van der Waals surface area contributed by atoms with Gasteiger partial charge in [0.05, 0.1) is 17.1 Å². The molecule has 0 aromatic heterocycles. The van der Waals surface area contributed by atoms with Gasteiger partial charge in [-0.25, -0.2) is 0 Å². The highest BCUT2D eigenvalue weighted by molar-refractivity contribution is 9.10. The molecule has 0 unspecified atom stereocenters. The number of hydrogen-bond acceptors (Lipinski definition) is 1. The van der Waals surface area contributed by atoms with Crippen molar-refractivity contribution in [1.29, 1.82) is 0 Å². The molecule has 1 nitrogen and oxygen atoms in total. The van der Waals surface area contributed by atoms with Gasteiger partial charge in [0.1, 0.15) is 0 Å². The zero-order chi connectivity index (χ0) is 21.4. The van der Waals surface area contributed by atoms with Gasteiger partial charge in [0, 0.05) is 25.2 Å². The second kappa shape index (κ2) is 5.42. The quantitative estimate of drug-likeness (QED) is 0.285. The maximum Gasteiger partial charge on any atom is 0.0544 e. The van der Waals surface area contributed by atoms with Crippen molar-refractivity contribution in [2.45, 2.75) is 57.8 Å². The fourth-order valence-corrected chi connectivity index (χ4v) is 7.07. The summed E-state index contributed by atoms with van der Waals surface area (Å²) >= 11 is 7.68. The standard InChI is InChI=1S/C27H25Br2N/c1-25(2)16-8-7-9-17-22(16)30-23-18(25)10-14(28)12-20(23)27(5,6)21-13-15(29)11-19(24(21)30)26(17,3)4/h7-13H,1-6H3. The molecular weight excluding hydrogens is 498 g/mol. The molecule has 0 fully saturated rings. The van der Waals surface area contributed by atoms with E-state index in [4.69, 9.17) is 0 Å². The lowest BCUT2D eigenvalue weighted by Gasteiger charge is -2.55. The van der Waals surface area contributed by atoms with E-state index >= 15 is 0 Å². The van der Waals surface area contributed by atoms with E-state index in [2.05, 4.69) is 121 Å². The van der Waals surface area contributed by atoms with Crippen LogP contribution in [-0.2, 0) is 16.2 Å². The van der Waals surface area contributed by atoms with Gasteiger partial charge < -0.3 is 4.90 Å². The zero-order valence-corrected chi connectivity index (χ0v) is 21.4. The lowest BCUT2D eigenvalue weighted by molar-refractivity contribution is 0.565. The lowest BCUT2D eigenvalue weighted by atomic mass is 9.61. The third-order valence-electron chi connectivity index (χ3n) is 7.90. The van der Waals surface area contributed by atoms with Crippen molar-refractivity contribution in [3.05, 3.63) is 84.8 Å². The number of rotatable bonds is 0. The summed E-state index contributed by atoms with van der Waals surface area (Å²) < 4.78 is 2.32. The number of benzene rings is 3. The Balaban J connectivity index is 1.90. The van der Waals surface area contributed by atoms with Crippen LogP contribution >= 0.6 is 31.9 Å². The Hall–Kier alpha value is -1.58. The Bertz CT molecular complexity index is 1200. The Kier molecular flexibility index (Phi) is 3.46. The molecule has 3 aliphatic rings. The second-order valence-corrected chi connectivity index (χ2v) is 12.4. The lowest BCUT2D eigenvalue weighted by Crippen LogP contribution is -2.43. The Morgan fingerprint density at radius 2 is 0.833 bits per heavy atom. The molecule has 3 heterocycles. The molecule has 0 bridgehead atoms. The first-order chi connectivity index (χ1) is 14.0. The molecule has 30 heavy (non-hydrogen) atoms. The summed E-state index contributed by atoms with van der Waals surface area (Å²) in [7, 11) is 0. The number of hydrogen-bond donors (Lipinski definition) is 0. The summed E-state index contributed by atoms with van der Waals surface area (Å²) in [5, 5.41) is 0. The first kappa shape index (κ1) is 19.1. The predicted octanol–water partition coefficient (Wildman–Crippen LogP) is 8.60. The average molecular weight is 523 g/mol. The molecule has 0 saturated heterocycles. The maximum atomic E-state index is 3.84. The molecule has 0 atom stereocenters. The van der Waals surface area contributed by atoms with Crippen molar-refractivity contribution in [1.82, 2.24) is 0 Å². The molecule has 0 amide bonds. The summed E-state index contributed by atoms with van der Waals surface area (Å²) in [6, 6.07) is 16.3. The third-order valence-corrected chi connectivity index (χ3v) is 8.81. The van der Waals surface area contributed by atoms with Crippen LogP contribution in [0.15, 0.2) is 51.4 Å². The van der Waals surface area contributed by atoms with Crippen LogP contribution in [-0.4, -0.2) is 0 Å². The normalized spacial score (nSPS) is 20.1. The van der Waals surface area contributed by atoms with Gasteiger partial charge >= 0.3 is 0 Å². The highest BCUT2D eigenvalue weighted by atomic mass is 79.9. The summed E-state index contributed by atoms with van der Waals surface area (Å²) in [5.41, 5.74) is 12.4. The van der Waals surface area contributed by atoms with E-state index < -0.39 is 0 Å². The van der Waals surface area contributed by atoms with E-state index in [1.165, 1.54) is 50.4 Å². The molecule has 0 N–H and O–H groups in total. The monoisotopic (exact) mass is 521 g/mol. The third kappa shape index (κ3) is 2.00. The van der Waals surface area contributed by atoms with Crippen molar-refractivity contribution in [3.8, 4) is 0 Å². The SMILES string of the molecule is CC1(C)c2cccc3c2N2c4c1cc(Br)cc4C(C)(C)c1cc(Br)cc(c12)C3(C)C. The van der Waals surface area contributed by atoms with E-state index in [1.54, 1.807) is 0 Å². The van der Waals surface area contributed by atoms with Crippen LogP contribution in [0.1, 0.15) is 74.9 Å². The summed E-state index contributed by atoms with van der Waals surface area (Å²) in [5.74, 6) is 0. The van der Waals surface area contributed by atoms with Crippen molar-refractivity contribution in [2.24, 2.45) is 0 Å². The van der Waals surface area contributed by atoms with Crippen LogP contribution in [0, 0.1) is 0 Å². The van der Waals surface area contributed by atoms with Gasteiger partial charge in [-0.1, -0.05) is 91.6 Å². The minimum Gasteiger partial charge on any atom is -0.309 e. The van der Waals surface area contributed by atoms with Gasteiger partial charge in [0.25, 0.3) is 0 Å². The smallest absolute Gasteiger partial charge is 0.0544 e. The molecule has 3 heteroatoms. The second-order valence-electron chi connectivity index (χ2n) is 10.6. The fourth-order valence-electron chi connectivity index (χ4n) is 6.15. The molecule has 3 aliphatic heterocycles. The maximum absolute atomic E-state index is 3.84. The van der Waals surface area contributed by atoms with Crippen molar-refractivity contribution < 1.29 is 0 Å². The molecular formula is C27H25Br2N. The van der Waals surface area contributed by atoms with E-state index in [1.807, 2.05) is 0 Å². The molecule has 6 rings (SSSR count). The molecule has 0 radical (unpaired) electrons. The predicted molar refractivity (Wildman–Crippen MR) is 133 cm³/mol. The first-order valence-electron chi connectivity index (χ1n) is 10.6. The molecule has 152 valence electrons. The zero-order valence-electron chi connectivity index (χ0n) is 18.2. The van der Waals surface area contributed by atoms with E-state index in [-0.39, 0.29) is 16.2 Å². The summed E-state index contributed by atoms with van der Waals surface area (Å²) in [6.45, 7) is 14.3. The van der Waals surface area contributed by atoms with E-state index in [9.17, 15) is 0 Å². The number of para-hydroxylation sites is 1. The Labute approximate surface area is 195 Å². The van der Waals surface area contributed by atoms with Crippen LogP contribution in [0.4, 0.5) is 17.1 Å². The van der Waals surface area contributed by atoms with Gasteiger partial charge in [-0.3, -0.25) is 0 Å². The highest BCUT2D eigenvalue weighted by Crippen LogP contribution is 2.66. The van der Waals surface area contributed by atoms with Gasteiger partial charge in [-0.2, -0.15) is 0 Å². The Morgan fingerprint density at radius 1 is 0.533 bits per heavy atom. The molecule has 3 aromatic carbocycles. The van der Waals surface area contributed by atoms with Gasteiger partial charge in [-0.15, -0.1) is 0 Å². The number of nitrogens with zero attached hydrogens (tertiary/aromatic N) is 1. The summed E-state index contributed by atoms with van der Waals surface area (Å²) in [4.78, 5) is 2.60. The van der Waals surface area contributed by atoms with Crippen LogP contribution < -0.4 is 4.90 Å². The summed E-state index contributed by atoms with van der Waals surface area (Å²) in [6.07, 6.45) is 0. The van der Waals surface area contributed by atoms with Crippen molar-refractivity contribution in [3.63, 3.8) is 0 Å². The van der Waals surface area contributed by atoms with Gasteiger partial charge in [0.2, 0.25) is 0 Å². The van der Waals surface area contributed by atoms with Crippen LogP contribution in [0.25, 0.3) is 0 Å². The van der Waals surface area contributed by atoms with E-state index in [0.717, 1.165) is 8.95 Å². The van der Waals surface area contributed by atoms with Crippen molar-refractivity contribution in [2.75, 3.05) is 4.90 Å². The van der Waals surface area contributed by atoms with E-state index in [0.29, 0.717) is 0 Å². The van der Waals surface area contributed by atoms with Crippen molar-refractivity contribution >= 4 is 48.9 Å². The van der Waals surface area contributed by atoms with Gasteiger partial charge in [0.15, 0.2) is 0 Å². The number of anilines is 3. The largest absolute Gasteiger partial charge is 0.309 e. The molecule has 3 aromatic rings. The first-order valence-corrected chi connectivity index (χ1v) is 12.2. The molecule has 0 spiro atoms. The van der Waals surface area contributed by atoms with Crippen LogP contribution in [0.5, 0.6) is 0 Å². The van der Waals surface area contributed by atoms with Crippen LogP contribution in [0.2, 0.25) is 0 Å². The highest BCUT2D eigenvalue weighted by Gasteiger charge is 2.51. The minimum absolute atomic E-state index is 0.0633. The minimum atomic E-state index is -0.0891. The Morgan fingerprint density at radius 3 is 1.20 bits per heavy atom.